The van der Waals surface area contributed by atoms with Crippen LogP contribution in [-0.2, 0) is 14.3 Å². The van der Waals surface area contributed by atoms with E-state index in [1.165, 1.54) is 11.1 Å². The summed E-state index contributed by atoms with van der Waals surface area (Å²) in [6, 6.07) is 13.7. The molecular formula is C27H41ClN2O3S. The number of hydrogen-bond donors (Lipinski definition) is 1. The Hall–Kier alpha value is -2.02. The summed E-state index contributed by atoms with van der Waals surface area (Å²) < 4.78 is 10.6. The van der Waals surface area contributed by atoms with Crippen LogP contribution in [0.25, 0.3) is 0 Å². The smallest absolute Gasteiger partial charge is 0.224 e. The Morgan fingerprint density at radius 2 is 1.82 bits per heavy atom. The molecule has 2 aromatic rings. The van der Waals surface area contributed by atoms with Crippen LogP contribution in [0.3, 0.4) is 0 Å². The average molecular weight is 509 g/mol. The van der Waals surface area contributed by atoms with Crippen molar-refractivity contribution in [1.82, 2.24) is 4.98 Å². The number of pyridine rings is 1. The zero-order valence-corrected chi connectivity index (χ0v) is 23.2. The highest BCUT2D eigenvalue weighted by Gasteiger charge is 2.23. The van der Waals surface area contributed by atoms with Crippen LogP contribution in [0, 0.1) is 5.92 Å². The number of nitrogens with zero attached hydrogens (tertiary/aromatic N) is 1. The SMILES string of the molecule is CC.CCC(=O)Nc1ccc(Cl)nc1.CCC1CC(OC)CC=C1OC.CSc1ccccc1. The van der Waals surface area contributed by atoms with Crippen LogP contribution in [0.15, 0.2) is 65.4 Å². The number of nitrogens with one attached hydrogen (secondary N) is 1. The number of carbonyl (C=O) groups excluding carboxylic acids is 1. The second-order valence-corrected chi connectivity index (χ2v) is 8.30. The number of benzene rings is 1. The minimum atomic E-state index is -0.0286. The number of amides is 1. The Kier molecular flexibility index (Phi) is 19.2. The lowest BCUT2D eigenvalue weighted by atomic mass is 9.89. The van der Waals surface area contributed by atoms with Crippen molar-refractivity contribution in [1.29, 1.82) is 0 Å². The van der Waals surface area contributed by atoms with Gasteiger partial charge in [0.2, 0.25) is 5.91 Å². The van der Waals surface area contributed by atoms with Crippen LogP contribution < -0.4 is 5.32 Å². The van der Waals surface area contributed by atoms with Gasteiger partial charge in [0.25, 0.3) is 0 Å². The van der Waals surface area contributed by atoms with E-state index in [4.69, 9.17) is 21.1 Å². The highest BCUT2D eigenvalue weighted by Crippen LogP contribution is 2.29. The zero-order valence-electron chi connectivity index (χ0n) is 21.6. The van der Waals surface area contributed by atoms with Gasteiger partial charge in [0, 0.05) is 24.3 Å². The third-order valence-corrected chi connectivity index (χ3v) is 5.87. The Morgan fingerprint density at radius 3 is 2.26 bits per heavy atom. The molecule has 1 amide bonds. The number of hydrogen-bond acceptors (Lipinski definition) is 5. The molecule has 190 valence electrons. The van der Waals surface area contributed by atoms with E-state index in [9.17, 15) is 4.79 Å². The molecule has 3 rings (SSSR count). The van der Waals surface area contributed by atoms with Gasteiger partial charge in [-0.25, -0.2) is 4.98 Å². The van der Waals surface area contributed by atoms with Crippen molar-refractivity contribution in [3.05, 3.63) is 65.6 Å². The first-order chi connectivity index (χ1) is 16.5. The Balaban J connectivity index is 0.000000472. The van der Waals surface area contributed by atoms with Crippen LogP contribution in [-0.4, -0.2) is 37.5 Å². The topological polar surface area (TPSA) is 60.5 Å². The predicted octanol–water partition coefficient (Wildman–Crippen LogP) is 7.87. The van der Waals surface area contributed by atoms with Crippen LogP contribution in [0.1, 0.15) is 53.4 Å². The molecule has 1 aromatic heterocycles. The van der Waals surface area contributed by atoms with Crippen molar-refractivity contribution in [3.63, 3.8) is 0 Å². The highest BCUT2D eigenvalue weighted by molar-refractivity contribution is 7.98. The molecule has 1 aliphatic rings. The minimum Gasteiger partial charge on any atom is -0.501 e. The molecule has 0 saturated carbocycles. The molecule has 7 heteroatoms. The van der Waals surface area contributed by atoms with Gasteiger partial charge in [-0.15, -0.1) is 11.8 Å². The lowest BCUT2D eigenvalue weighted by molar-refractivity contribution is -0.115. The molecule has 1 aromatic carbocycles. The normalized spacial score (nSPS) is 16.2. The standard InChI is InChI=1S/C10H18O2.C8H9ClN2O.C7H8S.C2H6/c1-4-8-7-9(11-2)5-6-10(8)12-3;1-2-8(12)11-6-3-4-7(9)10-5-6;1-8-7-5-3-2-4-6-7;1-2/h6,8-9H,4-5,7H2,1-3H3;3-5H,2H2,1H3,(H,11,12);2-6H,1H3;1-2H3. The number of anilines is 1. The molecule has 2 unspecified atom stereocenters. The Labute approximate surface area is 215 Å². The van der Waals surface area contributed by atoms with Gasteiger partial charge in [0.1, 0.15) is 5.15 Å². The van der Waals surface area contributed by atoms with Gasteiger partial charge in [-0.1, -0.05) is 57.5 Å². The van der Waals surface area contributed by atoms with E-state index in [1.54, 1.807) is 45.0 Å². The fourth-order valence-corrected chi connectivity index (χ4v) is 3.55. The first-order valence-electron chi connectivity index (χ1n) is 11.7. The first-order valence-corrected chi connectivity index (χ1v) is 13.3. The second-order valence-electron chi connectivity index (χ2n) is 7.03. The van der Waals surface area contributed by atoms with Gasteiger partial charge in [0.15, 0.2) is 0 Å². The van der Waals surface area contributed by atoms with Gasteiger partial charge >= 0.3 is 0 Å². The number of methoxy groups -OCH3 is 2. The number of allylic oxidation sites excluding steroid dienone is 1. The van der Waals surface area contributed by atoms with Gasteiger partial charge in [-0.2, -0.15) is 0 Å². The Bertz CT molecular complexity index is 801. The van der Waals surface area contributed by atoms with Crippen LogP contribution >= 0.6 is 23.4 Å². The van der Waals surface area contributed by atoms with Gasteiger partial charge < -0.3 is 14.8 Å². The van der Waals surface area contributed by atoms with E-state index in [0.717, 1.165) is 25.0 Å². The van der Waals surface area contributed by atoms with Gasteiger partial charge in [-0.05, 0) is 55.9 Å². The number of aromatic nitrogens is 1. The minimum absolute atomic E-state index is 0.0286. The maximum atomic E-state index is 10.9. The van der Waals surface area contributed by atoms with Crippen molar-refractivity contribution >= 4 is 35.0 Å². The van der Waals surface area contributed by atoms with E-state index in [0.29, 0.717) is 29.3 Å². The largest absolute Gasteiger partial charge is 0.501 e. The molecular weight excluding hydrogens is 468 g/mol. The summed E-state index contributed by atoms with van der Waals surface area (Å²) in [7, 11) is 3.53. The summed E-state index contributed by atoms with van der Waals surface area (Å²) in [5.41, 5.74) is 0.672. The van der Waals surface area contributed by atoms with Crippen molar-refractivity contribution in [2.24, 2.45) is 5.92 Å². The molecule has 2 atom stereocenters. The summed E-state index contributed by atoms with van der Waals surface area (Å²) >= 11 is 7.33. The van der Waals surface area contributed by atoms with Gasteiger partial charge in [-0.3, -0.25) is 4.79 Å². The van der Waals surface area contributed by atoms with Crippen molar-refractivity contribution in [2.75, 3.05) is 25.8 Å². The molecule has 0 aliphatic heterocycles. The molecule has 5 nitrogen and oxygen atoms in total. The summed E-state index contributed by atoms with van der Waals surface area (Å²) in [4.78, 5) is 16.0. The van der Waals surface area contributed by atoms with Crippen LogP contribution in [0.5, 0.6) is 0 Å². The molecule has 34 heavy (non-hydrogen) atoms. The van der Waals surface area contributed by atoms with E-state index in [1.807, 2.05) is 32.0 Å². The summed E-state index contributed by atoms with van der Waals surface area (Å²) in [6.07, 6.45) is 9.86. The average Bonchev–Trinajstić information content (AvgIpc) is 2.91. The van der Waals surface area contributed by atoms with Crippen molar-refractivity contribution in [2.45, 2.75) is 64.4 Å². The molecule has 1 heterocycles. The first kappa shape index (κ1) is 32.0. The molecule has 0 spiro atoms. The van der Waals surface area contributed by atoms with Crippen molar-refractivity contribution < 1.29 is 14.3 Å². The molecule has 0 saturated heterocycles. The number of carbonyl (C=O) groups is 1. The van der Waals surface area contributed by atoms with Gasteiger partial charge in [0.05, 0.1) is 30.9 Å². The number of ether oxygens (including phenoxy) is 2. The molecule has 1 aliphatic carbocycles. The highest BCUT2D eigenvalue weighted by atomic mass is 35.5. The summed E-state index contributed by atoms with van der Waals surface area (Å²) in [5.74, 6) is 1.68. The second kappa shape index (κ2) is 20.4. The fourth-order valence-electron chi connectivity index (χ4n) is 3.01. The molecule has 0 bridgehead atoms. The zero-order chi connectivity index (χ0) is 25.8. The van der Waals surface area contributed by atoms with E-state index < -0.39 is 0 Å². The molecule has 0 radical (unpaired) electrons. The fraction of sp³-hybridized carbons (Fsp3) is 0.481. The van der Waals surface area contributed by atoms with E-state index in [2.05, 4.69) is 41.7 Å². The third kappa shape index (κ3) is 13.6. The van der Waals surface area contributed by atoms with Crippen LogP contribution in [0.2, 0.25) is 5.15 Å². The van der Waals surface area contributed by atoms with E-state index in [-0.39, 0.29) is 5.91 Å². The predicted molar refractivity (Wildman–Crippen MR) is 147 cm³/mol. The number of halogens is 1. The molecule has 1 N–H and O–H groups in total. The van der Waals surface area contributed by atoms with E-state index >= 15 is 0 Å². The molecule has 0 fully saturated rings. The quantitative estimate of drug-likeness (QED) is 0.317. The third-order valence-electron chi connectivity index (χ3n) is 4.90. The Morgan fingerprint density at radius 1 is 1.15 bits per heavy atom. The monoisotopic (exact) mass is 508 g/mol. The van der Waals surface area contributed by atoms with Crippen molar-refractivity contribution in [3.8, 4) is 0 Å². The maximum Gasteiger partial charge on any atom is 0.224 e. The lowest BCUT2D eigenvalue weighted by Gasteiger charge is -2.27. The summed E-state index contributed by atoms with van der Waals surface area (Å²) in [5, 5.41) is 3.08. The number of thioether (sulfide) groups is 1. The number of rotatable bonds is 6. The lowest BCUT2D eigenvalue weighted by Crippen LogP contribution is -2.21. The van der Waals surface area contributed by atoms with Crippen LogP contribution in [0.4, 0.5) is 5.69 Å². The maximum absolute atomic E-state index is 10.9. The summed E-state index contributed by atoms with van der Waals surface area (Å²) in [6.45, 7) is 7.98.